The minimum atomic E-state index is 0.349. The maximum absolute atomic E-state index is 9.91. The van der Waals surface area contributed by atoms with Crippen molar-refractivity contribution in [2.75, 3.05) is 11.9 Å². The SMILES string of the molecule is CCNc1nc(-c2cc(C)c(O)c(C)c2)nc2c1CSC2. The van der Waals surface area contributed by atoms with Gasteiger partial charge in [-0.05, 0) is 44.0 Å². The number of fused-ring (bicyclic) bond motifs is 1. The molecular formula is C16H19N3OS. The van der Waals surface area contributed by atoms with Crippen LogP contribution in [0.2, 0.25) is 0 Å². The highest BCUT2D eigenvalue weighted by molar-refractivity contribution is 7.98. The molecule has 3 rings (SSSR count). The van der Waals surface area contributed by atoms with Crippen LogP contribution in [0.3, 0.4) is 0 Å². The maximum Gasteiger partial charge on any atom is 0.161 e. The van der Waals surface area contributed by atoms with Gasteiger partial charge >= 0.3 is 0 Å². The van der Waals surface area contributed by atoms with Gasteiger partial charge in [0.1, 0.15) is 11.6 Å². The largest absolute Gasteiger partial charge is 0.507 e. The summed E-state index contributed by atoms with van der Waals surface area (Å²) in [6, 6.07) is 3.89. The van der Waals surface area contributed by atoms with Crippen molar-refractivity contribution >= 4 is 17.6 Å². The number of aryl methyl sites for hydroxylation is 2. The molecule has 0 spiro atoms. The molecule has 0 bridgehead atoms. The summed E-state index contributed by atoms with van der Waals surface area (Å²) in [5.41, 5.74) is 5.03. The van der Waals surface area contributed by atoms with E-state index < -0.39 is 0 Å². The highest BCUT2D eigenvalue weighted by Crippen LogP contribution is 2.35. The number of rotatable bonds is 3. The fourth-order valence-electron chi connectivity index (χ4n) is 2.58. The smallest absolute Gasteiger partial charge is 0.161 e. The molecule has 1 aliphatic rings. The van der Waals surface area contributed by atoms with Gasteiger partial charge in [0.25, 0.3) is 0 Å². The van der Waals surface area contributed by atoms with Crippen molar-refractivity contribution in [2.24, 2.45) is 0 Å². The molecule has 1 aromatic carbocycles. The Labute approximate surface area is 129 Å². The van der Waals surface area contributed by atoms with Gasteiger partial charge in [-0.15, -0.1) is 0 Å². The lowest BCUT2D eigenvalue weighted by Crippen LogP contribution is -2.06. The zero-order valence-corrected chi connectivity index (χ0v) is 13.3. The molecule has 2 heterocycles. The van der Waals surface area contributed by atoms with Gasteiger partial charge in [0.05, 0.1) is 5.69 Å². The van der Waals surface area contributed by atoms with Crippen LogP contribution in [0, 0.1) is 13.8 Å². The number of aromatic hydroxyl groups is 1. The van der Waals surface area contributed by atoms with Gasteiger partial charge in [-0.2, -0.15) is 11.8 Å². The summed E-state index contributed by atoms with van der Waals surface area (Å²) in [6.45, 7) is 6.73. The molecule has 0 unspecified atom stereocenters. The minimum Gasteiger partial charge on any atom is -0.507 e. The lowest BCUT2D eigenvalue weighted by Gasteiger charge is -2.12. The van der Waals surface area contributed by atoms with Crippen molar-refractivity contribution in [1.29, 1.82) is 0 Å². The zero-order chi connectivity index (χ0) is 15.0. The number of aromatic nitrogens is 2. The number of phenolic OH excluding ortho intramolecular Hbond substituents is 1. The van der Waals surface area contributed by atoms with Crippen LogP contribution in [-0.2, 0) is 11.5 Å². The molecule has 1 aromatic heterocycles. The number of phenols is 1. The number of hydrogen-bond donors (Lipinski definition) is 2. The van der Waals surface area contributed by atoms with Gasteiger partial charge < -0.3 is 10.4 Å². The van der Waals surface area contributed by atoms with E-state index >= 15 is 0 Å². The lowest BCUT2D eigenvalue weighted by molar-refractivity contribution is 0.467. The van der Waals surface area contributed by atoms with Crippen LogP contribution in [0.4, 0.5) is 5.82 Å². The van der Waals surface area contributed by atoms with E-state index in [1.54, 1.807) is 0 Å². The second kappa shape index (κ2) is 5.56. The zero-order valence-electron chi connectivity index (χ0n) is 12.5. The Kier molecular flexibility index (Phi) is 3.76. The Balaban J connectivity index is 2.13. The van der Waals surface area contributed by atoms with Gasteiger partial charge in [-0.25, -0.2) is 9.97 Å². The fraction of sp³-hybridized carbons (Fsp3) is 0.375. The number of benzene rings is 1. The molecule has 0 fully saturated rings. The van der Waals surface area contributed by atoms with E-state index in [1.165, 1.54) is 5.56 Å². The summed E-state index contributed by atoms with van der Waals surface area (Å²) in [6.07, 6.45) is 0. The highest BCUT2D eigenvalue weighted by atomic mass is 32.2. The van der Waals surface area contributed by atoms with E-state index in [-0.39, 0.29) is 0 Å². The highest BCUT2D eigenvalue weighted by Gasteiger charge is 2.20. The third-order valence-corrected chi connectivity index (χ3v) is 4.64. The second-order valence-corrected chi connectivity index (χ2v) is 6.29. The third-order valence-electron chi connectivity index (χ3n) is 3.67. The quantitative estimate of drug-likeness (QED) is 0.906. The van der Waals surface area contributed by atoms with E-state index in [0.717, 1.165) is 52.1 Å². The first-order chi connectivity index (χ1) is 10.1. The van der Waals surface area contributed by atoms with Crippen LogP contribution in [0.1, 0.15) is 29.3 Å². The molecule has 4 nitrogen and oxygen atoms in total. The molecule has 1 aliphatic heterocycles. The summed E-state index contributed by atoms with van der Waals surface area (Å²) < 4.78 is 0. The average Bonchev–Trinajstić information content (AvgIpc) is 2.93. The standard InChI is InChI=1S/C16H19N3OS/c1-4-17-16-12-7-21-8-13(12)18-15(19-16)11-5-9(2)14(20)10(3)6-11/h5-6,20H,4,7-8H2,1-3H3,(H,17,18,19). The molecule has 5 heteroatoms. The predicted molar refractivity (Wildman–Crippen MR) is 87.8 cm³/mol. The Bertz CT molecular complexity index is 677. The van der Waals surface area contributed by atoms with Crippen molar-refractivity contribution < 1.29 is 5.11 Å². The molecule has 0 aliphatic carbocycles. The molecule has 0 radical (unpaired) electrons. The van der Waals surface area contributed by atoms with Crippen molar-refractivity contribution in [3.8, 4) is 17.1 Å². The van der Waals surface area contributed by atoms with Gasteiger partial charge in [-0.3, -0.25) is 0 Å². The van der Waals surface area contributed by atoms with Crippen molar-refractivity contribution in [3.63, 3.8) is 0 Å². The molecule has 0 saturated heterocycles. The van der Waals surface area contributed by atoms with Crippen LogP contribution >= 0.6 is 11.8 Å². The summed E-state index contributed by atoms with van der Waals surface area (Å²) >= 11 is 1.87. The number of anilines is 1. The molecular weight excluding hydrogens is 282 g/mol. The molecule has 110 valence electrons. The van der Waals surface area contributed by atoms with Crippen molar-refractivity contribution in [2.45, 2.75) is 32.3 Å². The molecule has 2 aromatic rings. The first-order valence-corrected chi connectivity index (χ1v) is 8.27. The van der Waals surface area contributed by atoms with Gasteiger partial charge in [-0.1, -0.05) is 0 Å². The molecule has 2 N–H and O–H groups in total. The maximum atomic E-state index is 9.91. The second-order valence-electron chi connectivity index (χ2n) is 5.30. The molecule has 21 heavy (non-hydrogen) atoms. The Morgan fingerprint density at radius 3 is 2.57 bits per heavy atom. The minimum absolute atomic E-state index is 0.349. The van der Waals surface area contributed by atoms with Crippen molar-refractivity contribution in [1.82, 2.24) is 9.97 Å². The normalized spacial score (nSPS) is 13.3. The first-order valence-electron chi connectivity index (χ1n) is 7.12. The Morgan fingerprint density at radius 2 is 1.90 bits per heavy atom. The van der Waals surface area contributed by atoms with Crippen LogP contribution in [0.25, 0.3) is 11.4 Å². The number of nitrogens with one attached hydrogen (secondary N) is 1. The van der Waals surface area contributed by atoms with Crippen LogP contribution in [-0.4, -0.2) is 21.6 Å². The fourth-order valence-corrected chi connectivity index (χ4v) is 3.62. The van der Waals surface area contributed by atoms with Crippen LogP contribution < -0.4 is 5.32 Å². The van der Waals surface area contributed by atoms with Crippen molar-refractivity contribution in [3.05, 3.63) is 34.5 Å². The average molecular weight is 301 g/mol. The number of hydrogen-bond acceptors (Lipinski definition) is 5. The molecule has 0 saturated carbocycles. The van der Waals surface area contributed by atoms with E-state index in [4.69, 9.17) is 9.97 Å². The van der Waals surface area contributed by atoms with E-state index in [2.05, 4.69) is 12.2 Å². The summed E-state index contributed by atoms with van der Waals surface area (Å²) in [5, 5.41) is 13.3. The summed E-state index contributed by atoms with van der Waals surface area (Å²) in [4.78, 5) is 9.42. The monoisotopic (exact) mass is 301 g/mol. The molecule has 0 amide bonds. The van der Waals surface area contributed by atoms with E-state index in [1.807, 2.05) is 37.7 Å². The van der Waals surface area contributed by atoms with Gasteiger partial charge in [0.15, 0.2) is 5.82 Å². The van der Waals surface area contributed by atoms with E-state index in [9.17, 15) is 5.11 Å². The number of thioether (sulfide) groups is 1. The Morgan fingerprint density at radius 1 is 1.19 bits per heavy atom. The third kappa shape index (κ3) is 2.58. The topological polar surface area (TPSA) is 58.0 Å². The lowest BCUT2D eigenvalue weighted by atomic mass is 10.0. The van der Waals surface area contributed by atoms with Crippen LogP contribution in [0.15, 0.2) is 12.1 Å². The predicted octanol–water partition coefficient (Wildman–Crippen LogP) is 3.64. The van der Waals surface area contributed by atoms with Gasteiger partial charge in [0.2, 0.25) is 0 Å². The molecule has 0 atom stereocenters. The summed E-state index contributed by atoms with van der Waals surface area (Å²) in [7, 11) is 0. The van der Waals surface area contributed by atoms with E-state index in [0.29, 0.717) is 5.75 Å². The van der Waals surface area contributed by atoms with Crippen LogP contribution in [0.5, 0.6) is 5.75 Å². The Hall–Kier alpha value is -1.75. The first kappa shape index (κ1) is 14.2. The van der Waals surface area contributed by atoms with Gasteiger partial charge in [0, 0.05) is 29.2 Å². The summed E-state index contributed by atoms with van der Waals surface area (Å²) in [5.74, 6) is 3.96. The number of nitrogens with zero attached hydrogens (tertiary/aromatic N) is 2.